The van der Waals surface area contributed by atoms with Gasteiger partial charge in [0.15, 0.2) is 6.29 Å². The molecular formula is C14H17NO3S. The predicted molar refractivity (Wildman–Crippen MR) is 74.7 cm³/mol. The Labute approximate surface area is 116 Å². The molecule has 102 valence electrons. The van der Waals surface area contributed by atoms with Gasteiger partial charge < -0.3 is 14.2 Å². The lowest BCUT2D eigenvalue weighted by Gasteiger charge is -2.22. The summed E-state index contributed by atoms with van der Waals surface area (Å²) in [7, 11) is 0. The van der Waals surface area contributed by atoms with Crippen LogP contribution < -0.4 is 4.74 Å². The lowest BCUT2D eigenvalue weighted by atomic mass is 10.2. The van der Waals surface area contributed by atoms with Crippen LogP contribution in [0.25, 0.3) is 10.2 Å². The van der Waals surface area contributed by atoms with Gasteiger partial charge in [-0.3, -0.25) is 4.98 Å². The minimum atomic E-state index is -0.0449. The summed E-state index contributed by atoms with van der Waals surface area (Å²) in [5.74, 6) is 0.883. The molecule has 1 aliphatic heterocycles. The molecule has 0 bridgehead atoms. The van der Waals surface area contributed by atoms with E-state index in [1.54, 1.807) is 17.5 Å². The van der Waals surface area contributed by atoms with Crippen LogP contribution in [0.4, 0.5) is 0 Å². The molecule has 3 heterocycles. The molecule has 5 heteroatoms. The molecule has 0 aromatic carbocycles. The van der Waals surface area contributed by atoms with Crippen LogP contribution in [0, 0.1) is 0 Å². The molecular weight excluding hydrogens is 262 g/mol. The highest BCUT2D eigenvalue weighted by Crippen LogP contribution is 2.28. The molecule has 1 fully saturated rings. The maximum atomic E-state index is 5.76. The summed E-state index contributed by atoms with van der Waals surface area (Å²) in [5, 5.41) is 2.02. The fraction of sp³-hybridized carbons (Fsp3) is 0.500. The first-order chi connectivity index (χ1) is 9.43. The zero-order valence-corrected chi connectivity index (χ0v) is 11.5. The molecule has 0 amide bonds. The van der Waals surface area contributed by atoms with Crippen LogP contribution in [0.2, 0.25) is 0 Å². The molecule has 0 saturated carbocycles. The fourth-order valence-electron chi connectivity index (χ4n) is 2.14. The number of ether oxygens (including phenoxy) is 3. The van der Waals surface area contributed by atoms with Crippen LogP contribution in [0.15, 0.2) is 23.7 Å². The monoisotopic (exact) mass is 279 g/mol. The first-order valence-electron chi connectivity index (χ1n) is 6.62. The number of fused-ring (bicyclic) bond motifs is 1. The second-order valence-electron chi connectivity index (χ2n) is 4.46. The second kappa shape index (κ2) is 6.32. The third kappa shape index (κ3) is 3.23. The third-order valence-electron chi connectivity index (χ3n) is 3.09. The SMILES string of the molecule is c1cc(OCCO[C@@H]2CCCCO2)c2sccc2n1. The molecule has 19 heavy (non-hydrogen) atoms. The number of hydrogen-bond donors (Lipinski definition) is 0. The highest BCUT2D eigenvalue weighted by atomic mass is 32.1. The molecule has 2 aromatic rings. The Morgan fingerprint density at radius 2 is 2.32 bits per heavy atom. The summed E-state index contributed by atoms with van der Waals surface area (Å²) in [4.78, 5) is 4.28. The van der Waals surface area contributed by atoms with Gasteiger partial charge in [0.1, 0.15) is 12.4 Å². The van der Waals surface area contributed by atoms with E-state index in [4.69, 9.17) is 14.2 Å². The van der Waals surface area contributed by atoms with Gasteiger partial charge in [-0.25, -0.2) is 0 Å². The topological polar surface area (TPSA) is 40.6 Å². The molecule has 0 radical (unpaired) electrons. The first-order valence-corrected chi connectivity index (χ1v) is 7.50. The molecule has 2 aromatic heterocycles. The minimum Gasteiger partial charge on any atom is -0.490 e. The molecule has 1 aliphatic rings. The Morgan fingerprint density at radius 3 is 3.21 bits per heavy atom. The summed E-state index contributed by atoms with van der Waals surface area (Å²) in [6.07, 6.45) is 5.05. The molecule has 0 N–H and O–H groups in total. The summed E-state index contributed by atoms with van der Waals surface area (Å²) < 4.78 is 18.0. The lowest BCUT2D eigenvalue weighted by molar-refractivity contribution is -0.165. The summed E-state index contributed by atoms with van der Waals surface area (Å²) >= 11 is 1.65. The summed E-state index contributed by atoms with van der Waals surface area (Å²) in [5.41, 5.74) is 0.985. The van der Waals surface area contributed by atoms with Crippen molar-refractivity contribution in [3.8, 4) is 5.75 Å². The van der Waals surface area contributed by atoms with Gasteiger partial charge in [-0.2, -0.15) is 0 Å². The van der Waals surface area contributed by atoms with E-state index in [1.165, 1.54) is 6.42 Å². The van der Waals surface area contributed by atoms with Gasteiger partial charge in [-0.05, 0) is 36.8 Å². The van der Waals surface area contributed by atoms with Crippen molar-refractivity contribution in [2.75, 3.05) is 19.8 Å². The van der Waals surface area contributed by atoms with Gasteiger partial charge in [0.25, 0.3) is 0 Å². The molecule has 1 saturated heterocycles. The number of pyridine rings is 1. The highest BCUT2D eigenvalue weighted by Gasteiger charge is 2.13. The number of hydrogen-bond acceptors (Lipinski definition) is 5. The van der Waals surface area contributed by atoms with Crippen molar-refractivity contribution in [2.45, 2.75) is 25.6 Å². The van der Waals surface area contributed by atoms with Crippen molar-refractivity contribution in [3.05, 3.63) is 23.7 Å². The molecule has 3 rings (SSSR count). The lowest BCUT2D eigenvalue weighted by Crippen LogP contribution is -2.24. The van der Waals surface area contributed by atoms with Crippen molar-refractivity contribution < 1.29 is 14.2 Å². The van der Waals surface area contributed by atoms with Crippen LogP contribution >= 0.6 is 11.3 Å². The van der Waals surface area contributed by atoms with E-state index < -0.39 is 0 Å². The first kappa shape index (κ1) is 12.8. The number of rotatable bonds is 5. The van der Waals surface area contributed by atoms with Crippen LogP contribution in [0.3, 0.4) is 0 Å². The summed E-state index contributed by atoms with van der Waals surface area (Å²) in [6.45, 7) is 1.91. The molecule has 0 unspecified atom stereocenters. The molecule has 0 spiro atoms. The number of nitrogens with zero attached hydrogens (tertiary/aromatic N) is 1. The molecule has 4 nitrogen and oxygen atoms in total. The van der Waals surface area contributed by atoms with E-state index in [0.717, 1.165) is 35.4 Å². The van der Waals surface area contributed by atoms with Crippen molar-refractivity contribution in [3.63, 3.8) is 0 Å². The minimum absolute atomic E-state index is 0.0449. The Hall–Kier alpha value is -1.17. The highest BCUT2D eigenvalue weighted by molar-refractivity contribution is 7.17. The quantitative estimate of drug-likeness (QED) is 0.788. The maximum absolute atomic E-state index is 5.76. The van der Waals surface area contributed by atoms with Gasteiger partial charge in [0.2, 0.25) is 0 Å². The van der Waals surface area contributed by atoms with Crippen molar-refractivity contribution in [1.82, 2.24) is 4.98 Å². The van der Waals surface area contributed by atoms with Crippen LogP contribution in [-0.2, 0) is 9.47 Å². The maximum Gasteiger partial charge on any atom is 0.157 e. The van der Waals surface area contributed by atoms with E-state index >= 15 is 0 Å². The molecule has 1 atom stereocenters. The number of thiophene rings is 1. The van der Waals surface area contributed by atoms with Crippen LogP contribution in [0.1, 0.15) is 19.3 Å². The Bertz CT molecular complexity index is 522. The smallest absolute Gasteiger partial charge is 0.157 e. The van der Waals surface area contributed by atoms with Gasteiger partial charge >= 0.3 is 0 Å². The van der Waals surface area contributed by atoms with E-state index in [9.17, 15) is 0 Å². The molecule has 0 aliphatic carbocycles. The van der Waals surface area contributed by atoms with Gasteiger partial charge in [-0.15, -0.1) is 11.3 Å². The Balaban J connectivity index is 1.48. The average Bonchev–Trinajstić information content (AvgIpc) is 2.94. The van der Waals surface area contributed by atoms with Gasteiger partial charge in [-0.1, -0.05) is 0 Å². The second-order valence-corrected chi connectivity index (χ2v) is 5.38. The van der Waals surface area contributed by atoms with Gasteiger partial charge in [0.05, 0.1) is 16.8 Å². The van der Waals surface area contributed by atoms with E-state index in [1.807, 2.05) is 17.5 Å². The zero-order valence-electron chi connectivity index (χ0n) is 10.7. The van der Waals surface area contributed by atoms with E-state index in [2.05, 4.69) is 4.98 Å². The Morgan fingerprint density at radius 1 is 1.32 bits per heavy atom. The predicted octanol–water partition coefficient (Wildman–Crippen LogP) is 3.22. The third-order valence-corrected chi connectivity index (χ3v) is 4.01. The van der Waals surface area contributed by atoms with Crippen molar-refractivity contribution >= 4 is 21.6 Å². The van der Waals surface area contributed by atoms with Crippen LogP contribution in [0.5, 0.6) is 5.75 Å². The normalized spacial score (nSPS) is 19.7. The Kier molecular flexibility index (Phi) is 4.27. The zero-order chi connectivity index (χ0) is 12.9. The van der Waals surface area contributed by atoms with Gasteiger partial charge in [0, 0.05) is 12.8 Å². The van der Waals surface area contributed by atoms with Crippen LogP contribution in [-0.4, -0.2) is 31.1 Å². The van der Waals surface area contributed by atoms with E-state index in [-0.39, 0.29) is 6.29 Å². The number of aromatic nitrogens is 1. The van der Waals surface area contributed by atoms with Crippen molar-refractivity contribution in [2.24, 2.45) is 0 Å². The summed E-state index contributed by atoms with van der Waals surface area (Å²) in [6, 6.07) is 3.90. The standard InChI is InChI=1S/C14H17NO3S/c1-2-7-17-13(3-1)18-9-8-16-12-4-6-15-11-5-10-19-14(11)12/h4-6,10,13H,1-3,7-9H2/t13-/m1/s1. The largest absolute Gasteiger partial charge is 0.490 e. The average molecular weight is 279 g/mol. The van der Waals surface area contributed by atoms with Crippen molar-refractivity contribution in [1.29, 1.82) is 0 Å². The van der Waals surface area contributed by atoms with E-state index in [0.29, 0.717) is 13.2 Å². The fourth-order valence-corrected chi connectivity index (χ4v) is 2.95.